The molecule has 0 amide bonds. The molecule has 0 aliphatic heterocycles. The molecular formula is C16H31NO. The van der Waals surface area contributed by atoms with Gasteiger partial charge in [-0.25, -0.2) is 0 Å². The van der Waals surface area contributed by atoms with Crippen LogP contribution in [0.2, 0.25) is 0 Å². The summed E-state index contributed by atoms with van der Waals surface area (Å²) in [6.45, 7) is 5.54. The summed E-state index contributed by atoms with van der Waals surface area (Å²) >= 11 is 0. The molecule has 0 radical (unpaired) electrons. The van der Waals surface area contributed by atoms with Crippen LogP contribution in [0.15, 0.2) is 0 Å². The van der Waals surface area contributed by atoms with E-state index in [1.165, 1.54) is 32.1 Å². The zero-order valence-electron chi connectivity index (χ0n) is 12.3. The van der Waals surface area contributed by atoms with Crippen LogP contribution in [-0.4, -0.2) is 23.3 Å². The van der Waals surface area contributed by atoms with E-state index in [1.54, 1.807) is 0 Å². The molecule has 0 aromatic heterocycles. The summed E-state index contributed by atoms with van der Waals surface area (Å²) in [4.78, 5) is 0. The molecule has 2 N–H and O–H groups in total. The summed E-state index contributed by atoms with van der Waals surface area (Å²) < 4.78 is 0. The van der Waals surface area contributed by atoms with Crippen molar-refractivity contribution in [3.8, 4) is 0 Å². The molecule has 2 nitrogen and oxygen atoms in total. The Labute approximate surface area is 113 Å². The molecule has 2 rings (SSSR count). The SMILES string of the molecule is CCNC1CCC(O)(C2CCCCC2CC)CC1. The van der Waals surface area contributed by atoms with E-state index in [0.717, 1.165) is 38.1 Å². The van der Waals surface area contributed by atoms with Crippen molar-refractivity contribution < 1.29 is 5.11 Å². The molecular weight excluding hydrogens is 222 g/mol. The van der Waals surface area contributed by atoms with Crippen LogP contribution in [-0.2, 0) is 0 Å². The van der Waals surface area contributed by atoms with E-state index in [2.05, 4.69) is 19.2 Å². The monoisotopic (exact) mass is 253 g/mol. The molecule has 2 atom stereocenters. The van der Waals surface area contributed by atoms with Gasteiger partial charge in [0.05, 0.1) is 5.60 Å². The standard InChI is InChI=1S/C16H31NO/c1-3-13-7-5-6-8-15(13)16(18)11-9-14(10-12-16)17-4-2/h13-15,17-18H,3-12H2,1-2H3. The van der Waals surface area contributed by atoms with Crippen molar-refractivity contribution in [2.75, 3.05) is 6.54 Å². The lowest BCUT2D eigenvalue weighted by Crippen LogP contribution is -2.48. The summed E-state index contributed by atoms with van der Waals surface area (Å²) in [5.74, 6) is 1.36. The van der Waals surface area contributed by atoms with Gasteiger partial charge in [-0.05, 0) is 50.5 Å². The molecule has 0 aromatic rings. The highest BCUT2D eigenvalue weighted by Crippen LogP contribution is 2.45. The van der Waals surface area contributed by atoms with Gasteiger partial charge in [-0.1, -0.05) is 39.5 Å². The van der Waals surface area contributed by atoms with Crippen LogP contribution in [0.3, 0.4) is 0 Å². The summed E-state index contributed by atoms with van der Waals surface area (Å²) in [5, 5.41) is 14.6. The largest absolute Gasteiger partial charge is 0.390 e. The Bertz CT molecular complexity index is 245. The van der Waals surface area contributed by atoms with Gasteiger partial charge in [-0.2, -0.15) is 0 Å². The Morgan fingerprint density at radius 1 is 1.06 bits per heavy atom. The smallest absolute Gasteiger partial charge is 0.0679 e. The number of hydrogen-bond donors (Lipinski definition) is 2. The van der Waals surface area contributed by atoms with Crippen molar-refractivity contribution in [2.45, 2.75) is 83.3 Å². The van der Waals surface area contributed by atoms with Crippen LogP contribution >= 0.6 is 0 Å². The van der Waals surface area contributed by atoms with Crippen LogP contribution in [0.1, 0.15) is 71.6 Å². The third-order valence-corrected chi connectivity index (χ3v) is 5.47. The molecule has 0 aromatic carbocycles. The van der Waals surface area contributed by atoms with Crippen molar-refractivity contribution in [3.05, 3.63) is 0 Å². The van der Waals surface area contributed by atoms with E-state index < -0.39 is 0 Å². The highest BCUT2D eigenvalue weighted by atomic mass is 16.3. The maximum Gasteiger partial charge on any atom is 0.0679 e. The first-order valence-electron chi connectivity index (χ1n) is 8.15. The number of rotatable bonds is 4. The molecule has 0 spiro atoms. The second-order valence-electron chi connectivity index (χ2n) is 6.49. The maximum atomic E-state index is 11.1. The molecule has 2 fully saturated rings. The van der Waals surface area contributed by atoms with Crippen molar-refractivity contribution >= 4 is 0 Å². The van der Waals surface area contributed by atoms with Gasteiger partial charge in [0.2, 0.25) is 0 Å². The Morgan fingerprint density at radius 2 is 1.72 bits per heavy atom. The van der Waals surface area contributed by atoms with Crippen LogP contribution in [0.5, 0.6) is 0 Å². The number of aliphatic hydroxyl groups is 1. The van der Waals surface area contributed by atoms with Gasteiger partial charge < -0.3 is 10.4 Å². The first-order chi connectivity index (χ1) is 8.69. The Morgan fingerprint density at radius 3 is 2.33 bits per heavy atom. The minimum atomic E-state index is -0.340. The quantitative estimate of drug-likeness (QED) is 0.804. The molecule has 2 aliphatic carbocycles. The predicted octanol–water partition coefficient (Wildman–Crippen LogP) is 3.49. The number of hydrogen-bond acceptors (Lipinski definition) is 2. The Balaban J connectivity index is 1.94. The van der Waals surface area contributed by atoms with Gasteiger partial charge >= 0.3 is 0 Å². The van der Waals surface area contributed by atoms with Gasteiger partial charge in [0.25, 0.3) is 0 Å². The van der Waals surface area contributed by atoms with Crippen molar-refractivity contribution in [1.82, 2.24) is 5.32 Å². The minimum absolute atomic E-state index is 0.340. The molecule has 0 heterocycles. The average Bonchev–Trinajstić information content (AvgIpc) is 2.42. The first kappa shape index (κ1) is 14.3. The fourth-order valence-electron chi connectivity index (χ4n) is 4.39. The van der Waals surface area contributed by atoms with E-state index in [4.69, 9.17) is 0 Å². The zero-order chi connectivity index (χ0) is 13.0. The highest BCUT2D eigenvalue weighted by molar-refractivity contribution is 4.96. The van der Waals surface area contributed by atoms with Crippen LogP contribution in [0.4, 0.5) is 0 Å². The molecule has 0 bridgehead atoms. The molecule has 2 heteroatoms. The maximum absolute atomic E-state index is 11.1. The second kappa shape index (κ2) is 6.38. The minimum Gasteiger partial charge on any atom is -0.390 e. The van der Waals surface area contributed by atoms with E-state index in [9.17, 15) is 5.11 Å². The third kappa shape index (κ3) is 3.08. The summed E-state index contributed by atoms with van der Waals surface area (Å²) in [6, 6.07) is 0.652. The summed E-state index contributed by atoms with van der Waals surface area (Å²) in [7, 11) is 0. The lowest BCUT2D eigenvalue weighted by Gasteiger charge is -2.46. The highest BCUT2D eigenvalue weighted by Gasteiger charge is 2.43. The third-order valence-electron chi connectivity index (χ3n) is 5.47. The molecule has 106 valence electrons. The van der Waals surface area contributed by atoms with E-state index in [0.29, 0.717) is 12.0 Å². The summed E-state index contributed by atoms with van der Waals surface area (Å²) in [6.07, 6.45) is 10.9. The predicted molar refractivity (Wildman–Crippen MR) is 76.6 cm³/mol. The van der Waals surface area contributed by atoms with Gasteiger partial charge in [-0.15, -0.1) is 0 Å². The van der Waals surface area contributed by atoms with Crippen molar-refractivity contribution in [2.24, 2.45) is 11.8 Å². The second-order valence-corrected chi connectivity index (χ2v) is 6.49. The van der Waals surface area contributed by atoms with Crippen molar-refractivity contribution in [3.63, 3.8) is 0 Å². The van der Waals surface area contributed by atoms with Crippen LogP contribution in [0.25, 0.3) is 0 Å². The lowest BCUT2D eigenvalue weighted by atomic mass is 9.64. The van der Waals surface area contributed by atoms with Gasteiger partial charge in [-0.3, -0.25) is 0 Å². The lowest BCUT2D eigenvalue weighted by molar-refractivity contribution is -0.0870. The summed E-state index contributed by atoms with van der Waals surface area (Å²) in [5.41, 5.74) is -0.340. The van der Waals surface area contributed by atoms with Gasteiger partial charge in [0.15, 0.2) is 0 Å². The van der Waals surface area contributed by atoms with E-state index in [-0.39, 0.29) is 5.60 Å². The topological polar surface area (TPSA) is 32.3 Å². The van der Waals surface area contributed by atoms with Gasteiger partial charge in [0.1, 0.15) is 0 Å². The fraction of sp³-hybridized carbons (Fsp3) is 1.00. The molecule has 2 aliphatic rings. The van der Waals surface area contributed by atoms with Crippen LogP contribution in [0, 0.1) is 11.8 Å². The van der Waals surface area contributed by atoms with Crippen LogP contribution < -0.4 is 5.32 Å². The van der Waals surface area contributed by atoms with Crippen molar-refractivity contribution in [1.29, 1.82) is 0 Å². The normalized spacial score (nSPS) is 41.8. The van der Waals surface area contributed by atoms with Gasteiger partial charge in [0, 0.05) is 6.04 Å². The Kier molecular flexibility index (Phi) is 5.08. The Hall–Kier alpha value is -0.0800. The first-order valence-corrected chi connectivity index (χ1v) is 8.15. The molecule has 18 heavy (non-hydrogen) atoms. The van der Waals surface area contributed by atoms with E-state index in [1.807, 2.05) is 0 Å². The molecule has 0 saturated heterocycles. The fourth-order valence-corrected chi connectivity index (χ4v) is 4.39. The average molecular weight is 253 g/mol. The molecule has 2 saturated carbocycles. The van der Waals surface area contributed by atoms with E-state index >= 15 is 0 Å². The molecule has 2 unspecified atom stereocenters. The number of nitrogens with one attached hydrogen (secondary N) is 1. The zero-order valence-corrected chi connectivity index (χ0v) is 12.3.